The lowest BCUT2D eigenvalue weighted by Gasteiger charge is -1.99. The van der Waals surface area contributed by atoms with E-state index < -0.39 is 0 Å². The molecule has 2 nitrogen and oxygen atoms in total. The van der Waals surface area contributed by atoms with Gasteiger partial charge in [0, 0.05) is 6.61 Å². The van der Waals surface area contributed by atoms with E-state index in [1.54, 1.807) is 6.08 Å². The highest BCUT2D eigenvalue weighted by Crippen LogP contribution is 2.12. The van der Waals surface area contributed by atoms with Crippen LogP contribution in [-0.4, -0.2) is 24.4 Å². The summed E-state index contributed by atoms with van der Waals surface area (Å²) >= 11 is 0. The van der Waals surface area contributed by atoms with Gasteiger partial charge in [-0.1, -0.05) is 12.2 Å². The predicted octanol–water partition coefficient (Wildman–Crippen LogP) is 0.714. The van der Waals surface area contributed by atoms with Crippen LogP contribution in [0.3, 0.4) is 0 Å². The van der Waals surface area contributed by atoms with Gasteiger partial charge in [0.05, 0.1) is 12.7 Å². The Kier molecular flexibility index (Phi) is 2.74. The Morgan fingerprint density at radius 2 is 2.56 bits per heavy atom. The number of ether oxygens (including phenoxy) is 1. The van der Waals surface area contributed by atoms with Crippen LogP contribution in [0.4, 0.5) is 0 Å². The van der Waals surface area contributed by atoms with Gasteiger partial charge in [-0.15, -0.1) is 0 Å². The highest BCUT2D eigenvalue weighted by Gasteiger charge is 2.10. The summed E-state index contributed by atoms with van der Waals surface area (Å²) in [5.74, 6) is 0. The monoisotopic (exact) mass is 128 g/mol. The van der Waals surface area contributed by atoms with E-state index in [4.69, 9.17) is 9.84 Å². The quantitative estimate of drug-likeness (QED) is 0.555. The topological polar surface area (TPSA) is 29.5 Å². The molecule has 0 amide bonds. The van der Waals surface area contributed by atoms with Gasteiger partial charge in [-0.25, -0.2) is 0 Å². The van der Waals surface area contributed by atoms with Gasteiger partial charge >= 0.3 is 0 Å². The second-order valence-electron chi connectivity index (χ2n) is 2.16. The Morgan fingerprint density at radius 3 is 3.11 bits per heavy atom. The summed E-state index contributed by atoms with van der Waals surface area (Å²) < 4.78 is 5.26. The fourth-order valence-electron chi connectivity index (χ4n) is 0.967. The van der Waals surface area contributed by atoms with Crippen molar-refractivity contribution in [3.8, 4) is 0 Å². The summed E-state index contributed by atoms with van der Waals surface area (Å²) in [4.78, 5) is 0. The minimum Gasteiger partial charge on any atom is -0.392 e. The zero-order chi connectivity index (χ0) is 6.53. The Morgan fingerprint density at radius 1 is 1.67 bits per heavy atom. The van der Waals surface area contributed by atoms with Crippen molar-refractivity contribution in [2.45, 2.75) is 18.9 Å². The van der Waals surface area contributed by atoms with Crippen LogP contribution in [0, 0.1) is 0 Å². The second kappa shape index (κ2) is 3.64. The maximum Gasteiger partial charge on any atom is 0.0757 e. The summed E-state index contributed by atoms with van der Waals surface area (Å²) in [5, 5.41) is 8.38. The fraction of sp³-hybridized carbons (Fsp3) is 0.714. The molecule has 0 bridgehead atoms. The highest BCUT2D eigenvalue weighted by atomic mass is 16.5. The molecule has 0 spiro atoms. The standard InChI is InChI=1S/C7H12O2/c8-5-1-3-7-4-2-6-9-7/h1,3,7-8H,2,4-6H2/b3-1+. The molecule has 1 aliphatic rings. The first kappa shape index (κ1) is 6.78. The summed E-state index contributed by atoms with van der Waals surface area (Å²) in [6.45, 7) is 1.00. The molecule has 1 unspecified atom stereocenters. The molecule has 1 fully saturated rings. The van der Waals surface area contributed by atoms with Crippen molar-refractivity contribution in [3.63, 3.8) is 0 Å². The van der Waals surface area contributed by atoms with Crippen LogP contribution in [-0.2, 0) is 4.74 Å². The van der Waals surface area contributed by atoms with E-state index in [0.29, 0.717) is 0 Å². The van der Waals surface area contributed by atoms with Crippen LogP contribution in [0.1, 0.15) is 12.8 Å². The molecule has 1 saturated heterocycles. The van der Waals surface area contributed by atoms with E-state index in [1.807, 2.05) is 6.08 Å². The molecule has 1 heterocycles. The van der Waals surface area contributed by atoms with E-state index in [0.717, 1.165) is 19.4 Å². The molecule has 52 valence electrons. The summed E-state index contributed by atoms with van der Waals surface area (Å²) in [6.07, 6.45) is 6.19. The van der Waals surface area contributed by atoms with Gasteiger partial charge in [0.15, 0.2) is 0 Å². The lowest BCUT2D eigenvalue weighted by Crippen LogP contribution is -1.98. The van der Waals surface area contributed by atoms with Crippen molar-refractivity contribution in [2.24, 2.45) is 0 Å². The third-order valence-electron chi connectivity index (χ3n) is 1.42. The Bertz CT molecular complexity index is 93.1. The zero-order valence-electron chi connectivity index (χ0n) is 5.42. The van der Waals surface area contributed by atoms with Gasteiger partial charge in [-0.05, 0) is 12.8 Å². The van der Waals surface area contributed by atoms with Crippen LogP contribution in [0.15, 0.2) is 12.2 Å². The molecule has 0 saturated carbocycles. The first-order chi connectivity index (χ1) is 4.43. The minimum absolute atomic E-state index is 0.125. The van der Waals surface area contributed by atoms with Crippen LogP contribution in [0.25, 0.3) is 0 Å². The van der Waals surface area contributed by atoms with Crippen LogP contribution < -0.4 is 0 Å². The second-order valence-corrected chi connectivity index (χ2v) is 2.16. The van der Waals surface area contributed by atoms with E-state index in [2.05, 4.69) is 0 Å². The van der Waals surface area contributed by atoms with Crippen molar-refractivity contribution in [3.05, 3.63) is 12.2 Å². The molecule has 9 heavy (non-hydrogen) atoms. The summed E-state index contributed by atoms with van der Waals surface area (Å²) in [7, 11) is 0. The molecule has 0 aliphatic carbocycles. The normalized spacial score (nSPS) is 27.9. The largest absolute Gasteiger partial charge is 0.392 e. The van der Waals surface area contributed by atoms with Gasteiger partial charge in [0.2, 0.25) is 0 Å². The lowest BCUT2D eigenvalue weighted by molar-refractivity contribution is 0.145. The third-order valence-corrected chi connectivity index (χ3v) is 1.42. The summed E-state index contributed by atoms with van der Waals surface area (Å²) in [5.41, 5.74) is 0. The van der Waals surface area contributed by atoms with Gasteiger partial charge in [-0.3, -0.25) is 0 Å². The maximum absolute atomic E-state index is 8.38. The third kappa shape index (κ3) is 2.16. The van der Waals surface area contributed by atoms with Crippen molar-refractivity contribution in [1.29, 1.82) is 0 Å². The molecule has 1 aliphatic heterocycles. The maximum atomic E-state index is 8.38. The van der Waals surface area contributed by atoms with E-state index in [1.165, 1.54) is 0 Å². The SMILES string of the molecule is OC/C=C/C1CCCO1. The molecule has 1 atom stereocenters. The van der Waals surface area contributed by atoms with Crippen molar-refractivity contribution in [1.82, 2.24) is 0 Å². The van der Waals surface area contributed by atoms with E-state index in [9.17, 15) is 0 Å². The molecule has 1 N–H and O–H groups in total. The summed E-state index contributed by atoms with van der Waals surface area (Å²) in [6, 6.07) is 0. The van der Waals surface area contributed by atoms with Crippen molar-refractivity contribution in [2.75, 3.05) is 13.2 Å². The van der Waals surface area contributed by atoms with Crippen LogP contribution >= 0.6 is 0 Å². The molecule has 0 radical (unpaired) electrons. The number of hydrogen-bond acceptors (Lipinski definition) is 2. The van der Waals surface area contributed by atoms with Crippen LogP contribution in [0.2, 0.25) is 0 Å². The number of rotatable bonds is 2. The van der Waals surface area contributed by atoms with E-state index >= 15 is 0 Å². The van der Waals surface area contributed by atoms with Gasteiger partial charge in [0.25, 0.3) is 0 Å². The first-order valence-electron chi connectivity index (χ1n) is 3.32. The molecule has 0 aromatic heterocycles. The lowest BCUT2D eigenvalue weighted by atomic mass is 10.2. The van der Waals surface area contributed by atoms with Gasteiger partial charge < -0.3 is 9.84 Å². The fourth-order valence-corrected chi connectivity index (χ4v) is 0.967. The molecule has 1 rings (SSSR count). The molecular formula is C7H12O2. The highest BCUT2D eigenvalue weighted by molar-refractivity contribution is 4.90. The molecular weight excluding hydrogens is 116 g/mol. The van der Waals surface area contributed by atoms with Gasteiger partial charge in [-0.2, -0.15) is 0 Å². The van der Waals surface area contributed by atoms with E-state index in [-0.39, 0.29) is 12.7 Å². The smallest absolute Gasteiger partial charge is 0.0757 e. The average molecular weight is 128 g/mol. The van der Waals surface area contributed by atoms with Gasteiger partial charge in [0.1, 0.15) is 0 Å². The number of aliphatic hydroxyl groups excluding tert-OH is 1. The Balaban J connectivity index is 2.18. The van der Waals surface area contributed by atoms with Crippen molar-refractivity contribution >= 4 is 0 Å². The average Bonchev–Trinajstić information content (AvgIpc) is 2.34. The Labute approximate surface area is 55.1 Å². The van der Waals surface area contributed by atoms with Crippen LogP contribution in [0.5, 0.6) is 0 Å². The Hall–Kier alpha value is -0.340. The number of hydrogen-bond donors (Lipinski definition) is 1. The van der Waals surface area contributed by atoms with Crippen molar-refractivity contribution < 1.29 is 9.84 Å². The minimum atomic E-state index is 0.125. The number of aliphatic hydroxyl groups is 1. The zero-order valence-corrected chi connectivity index (χ0v) is 5.42. The molecule has 2 heteroatoms. The molecule has 0 aromatic carbocycles. The molecule has 0 aromatic rings. The first-order valence-corrected chi connectivity index (χ1v) is 3.32. The predicted molar refractivity (Wildman–Crippen MR) is 35.2 cm³/mol.